The van der Waals surface area contributed by atoms with E-state index in [2.05, 4.69) is 37.1 Å². The maximum atomic E-state index is 2.60. The lowest BCUT2D eigenvalue weighted by Gasteiger charge is -2.29. The van der Waals surface area contributed by atoms with Gasteiger partial charge in [-0.3, -0.25) is 0 Å². The first kappa shape index (κ1) is 21.4. The van der Waals surface area contributed by atoms with Gasteiger partial charge in [0.25, 0.3) is 0 Å². The van der Waals surface area contributed by atoms with Crippen molar-refractivity contribution in [1.29, 1.82) is 0 Å². The summed E-state index contributed by atoms with van der Waals surface area (Å²) in [5.41, 5.74) is 1.60. The zero-order valence-electron chi connectivity index (χ0n) is 14.9. The van der Waals surface area contributed by atoms with Crippen LogP contribution in [-0.2, 0) is 0 Å². The molecule has 1 unspecified atom stereocenters. The van der Waals surface area contributed by atoms with E-state index in [1.165, 1.54) is 64.5 Å². The first-order valence-electron chi connectivity index (χ1n) is 9.23. The van der Waals surface area contributed by atoms with Crippen molar-refractivity contribution in [1.82, 2.24) is 4.90 Å². The molecule has 22 heavy (non-hydrogen) atoms. The van der Waals surface area contributed by atoms with Crippen molar-refractivity contribution >= 4 is 0 Å². The van der Waals surface area contributed by atoms with E-state index < -0.39 is 0 Å². The van der Waals surface area contributed by atoms with Crippen molar-refractivity contribution in [3.05, 3.63) is 23.8 Å². The third-order valence-electron chi connectivity index (χ3n) is 4.76. The Morgan fingerprint density at radius 3 is 2.32 bits per heavy atom. The van der Waals surface area contributed by atoms with E-state index >= 15 is 0 Å². The fourth-order valence-corrected chi connectivity index (χ4v) is 3.53. The molecule has 1 heteroatoms. The first-order valence-corrected chi connectivity index (χ1v) is 9.23. The topological polar surface area (TPSA) is 3.24 Å². The molecule has 0 radical (unpaired) electrons. The van der Waals surface area contributed by atoms with Crippen LogP contribution in [0.25, 0.3) is 0 Å². The van der Waals surface area contributed by atoms with Gasteiger partial charge in [-0.15, -0.1) is 0 Å². The highest BCUT2D eigenvalue weighted by molar-refractivity contribution is 5.03. The summed E-state index contributed by atoms with van der Waals surface area (Å²) in [6.45, 7) is 8.87. The number of nitrogens with zero attached hydrogens (tertiary/aromatic N) is 1. The molecule has 2 aliphatic rings. The molecule has 0 aliphatic heterocycles. The van der Waals surface area contributed by atoms with Crippen molar-refractivity contribution in [2.75, 3.05) is 20.1 Å². The summed E-state index contributed by atoms with van der Waals surface area (Å²) in [6, 6.07) is 0. The van der Waals surface area contributed by atoms with E-state index in [-0.39, 0.29) is 7.43 Å². The second-order valence-electron chi connectivity index (χ2n) is 6.77. The molecule has 0 saturated carbocycles. The minimum Gasteiger partial charge on any atom is -0.306 e. The van der Waals surface area contributed by atoms with Gasteiger partial charge in [0.15, 0.2) is 0 Å². The summed E-state index contributed by atoms with van der Waals surface area (Å²) in [7, 11) is 2.33. The highest BCUT2D eigenvalue weighted by Crippen LogP contribution is 2.25. The Hall–Kier alpha value is -0.560. The normalized spacial score (nSPS) is 26.7. The van der Waals surface area contributed by atoms with E-state index in [1.807, 2.05) is 13.8 Å². The summed E-state index contributed by atoms with van der Waals surface area (Å²) in [5, 5.41) is 0. The molecule has 2 atom stereocenters. The van der Waals surface area contributed by atoms with Crippen molar-refractivity contribution in [3.8, 4) is 0 Å². The van der Waals surface area contributed by atoms with Gasteiger partial charge in [0.2, 0.25) is 0 Å². The smallest absolute Gasteiger partial charge is 0.000980 e. The van der Waals surface area contributed by atoms with Crippen LogP contribution in [0.2, 0.25) is 0 Å². The second kappa shape index (κ2) is 12.9. The third-order valence-corrected chi connectivity index (χ3v) is 4.76. The van der Waals surface area contributed by atoms with Gasteiger partial charge in [0.1, 0.15) is 0 Å². The van der Waals surface area contributed by atoms with E-state index in [4.69, 9.17) is 0 Å². The van der Waals surface area contributed by atoms with Crippen LogP contribution in [-0.4, -0.2) is 25.0 Å². The molecule has 0 bridgehead atoms. The van der Waals surface area contributed by atoms with Crippen LogP contribution in [0.3, 0.4) is 0 Å². The van der Waals surface area contributed by atoms with Gasteiger partial charge in [-0.1, -0.05) is 51.5 Å². The largest absolute Gasteiger partial charge is 0.306 e. The summed E-state index contributed by atoms with van der Waals surface area (Å²) >= 11 is 0. The van der Waals surface area contributed by atoms with E-state index in [1.54, 1.807) is 5.57 Å². The molecule has 1 nitrogen and oxygen atoms in total. The van der Waals surface area contributed by atoms with Crippen LogP contribution in [0, 0.1) is 11.8 Å². The lowest BCUT2D eigenvalue weighted by Crippen LogP contribution is -2.31. The zero-order chi connectivity index (χ0) is 15.5. The Labute approximate surface area is 140 Å². The van der Waals surface area contributed by atoms with Gasteiger partial charge < -0.3 is 4.90 Å². The van der Waals surface area contributed by atoms with Crippen LogP contribution < -0.4 is 0 Å². The predicted molar refractivity (Wildman–Crippen MR) is 102 cm³/mol. The monoisotopic (exact) mass is 307 g/mol. The Morgan fingerprint density at radius 1 is 1.00 bits per heavy atom. The lowest BCUT2D eigenvalue weighted by molar-refractivity contribution is 0.221. The van der Waals surface area contributed by atoms with Crippen LogP contribution in [0.1, 0.15) is 79.6 Å². The maximum absolute atomic E-state index is 2.60. The summed E-state index contributed by atoms with van der Waals surface area (Å²) in [4.78, 5) is 2.60. The summed E-state index contributed by atoms with van der Waals surface area (Å²) in [6.07, 6.45) is 18.1. The molecule has 130 valence electrons. The van der Waals surface area contributed by atoms with Gasteiger partial charge in [0, 0.05) is 13.1 Å². The Kier molecular flexibility index (Phi) is 12.6. The molecular weight excluding hydrogens is 266 g/mol. The number of hydrogen-bond donors (Lipinski definition) is 0. The molecule has 0 fully saturated rings. The standard InChI is InChI=1S/C18H31N.C2H6.CH4/c1-16-10-12-18(13-11-16)15-19(2)14-17-8-6-4-3-5-7-9-17;1-2;/h4,6,10,17-18H,3,5,7-9,11-15H2,1-2H3;1-2H3;1H4/b6-4+;;/t17?,18-;;/m1../s1. The number of allylic oxidation sites excluding steroid dienone is 4. The van der Waals surface area contributed by atoms with Crippen LogP contribution in [0.5, 0.6) is 0 Å². The highest BCUT2D eigenvalue weighted by Gasteiger charge is 2.17. The Morgan fingerprint density at radius 2 is 1.68 bits per heavy atom. The first-order chi connectivity index (χ1) is 10.2. The van der Waals surface area contributed by atoms with E-state index in [9.17, 15) is 0 Å². The van der Waals surface area contributed by atoms with E-state index in [0.717, 1.165) is 11.8 Å². The third kappa shape index (κ3) is 8.78. The molecule has 0 amide bonds. The van der Waals surface area contributed by atoms with Crippen molar-refractivity contribution in [3.63, 3.8) is 0 Å². The maximum Gasteiger partial charge on any atom is 0.000980 e. The molecule has 0 aromatic heterocycles. The van der Waals surface area contributed by atoms with Gasteiger partial charge in [-0.05, 0) is 70.8 Å². The minimum absolute atomic E-state index is 0. The van der Waals surface area contributed by atoms with Crippen LogP contribution in [0.15, 0.2) is 23.8 Å². The predicted octanol–water partition coefficient (Wildman–Crippen LogP) is 6.46. The summed E-state index contributed by atoms with van der Waals surface area (Å²) < 4.78 is 0. The fourth-order valence-electron chi connectivity index (χ4n) is 3.53. The average Bonchev–Trinajstić information content (AvgIpc) is 2.46. The average molecular weight is 308 g/mol. The van der Waals surface area contributed by atoms with E-state index in [0.29, 0.717) is 0 Å². The molecule has 2 rings (SSSR count). The quantitative estimate of drug-likeness (QED) is 0.538. The molecule has 0 N–H and O–H groups in total. The molecule has 2 aliphatic carbocycles. The van der Waals surface area contributed by atoms with Gasteiger partial charge >= 0.3 is 0 Å². The van der Waals surface area contributed by atoms with Crippen LogP contribution in [0.4, 0.5) is 0 Å². The molecular formula is C21H41N. The number of rotatable bonds is 4. The van der Waals surface area contributed by atoms with Crippen LogP contribution >= 0.6 is 0 Å². The molecule has 0 saturated heterocycles. The van der Waals surface area contributed by atoms with Crippen molar-refractivity contribution in [2.45, 2.75) is 79.6 Å². The fraction of sp³-hybridized carbons (Fsp3) is 0.810. The van der Waals surface area contributed by atoms with Crippen molar-refractivity contribution < 1.29 is 0 Å². The van der Waals surface area contributed by atoms with Gasteiger partial charge in [-0.2, -0.15) is 0 Å². The SMILES string of the molecule is C.CC.CC1=CC[C@@H](CN(C)CC2C/C=C/CCCC2)CC1. The molecule has 0 spiro atoms. The molecule has 0 heterocycles. The minimum atomic E-state index is 0. The van der Waals surface area contributed by atoms with Crippen molar-refractivity contribution in [2.24, 2.45) is 11.8 Å². The zero-order valence-corrected chi connectivity index (χ0v) is 14.9. The molecule has 0 aromatic carbocycles. The Bertz CT molecular complexity index is 316. The summed E-state index contributed by atoms with van der Waals surface area (Å²) in [5.74, 6) is 1.79. The highest BCUT2D eigenvalue weighted by atomic mass is 15.1. The second-order valence-corrected chi connectivity index (χ2v) is 6.77. The van der Waals surface area contributed by atoms with Gasteiger partial charge in [0.05, 0.1) is 0 Å². The Balaban J connectivity index is 0.00000141. The van der Waals surface area contributed by atoms with Gasteiger partial charge in [-0.25, -0.2) is 0 Å². The number of hydrogen-bond acceptors (Lipinski definition) is 1. The molecule has 0 aromatic rings. The lowest BCUT2D eigenvalue weighted by atomic mass is 9.89.